The van der Waals surface area contributed by atoms with E-state index in [0.717, 1.165) is 13.0 Å². The molecular formula is C12H19N7OS. The van der Waals surface area contributed by atoms with Crippen LogP contribution in [0.25, 0.3) is 0 Å². The smallest absolute Gasteiger partial charge is 0.322 e. The van der Waals surface area contributed by atoms with E-state index in [9.17, 15) is 0 Å². The Kier molecular flexibility index (Phi) is 5.32. The molecule has 0 aromatic carbocycles. The van der Waals surface area contributed by atoms with Crippen molar-refractivity contribution >= 4 is 17.7 Å². The van der Waals surface area contributed by atoms with Crippen molar-refractivity contribution in [1.82, 2.24) is 29.7 Å². The fourth-order valence-corrected chi connectivity index (χ4v) is 2.12. The molecule has 0 saturated heterocycles. The minimum absolute atomic E-state index is 0.000830. The van der Waals surface area contributed by atoms with Crippen LogP contribution >= 0.6 is 11.8 Å². The first-order valence-electron chi connectivity index (χ1n) is 6.77. The van der Waals surface area contributed by atoms with Gasteiger partial charge in [0.1, 0.15) is 6.33 Å². The first-order chi connectivity index (χ1) is 10.1. The summed E-state index contributed by atoms with van der Waals surface area (Å²) in [6.07, 6.45) is 2.47. The molecule has 2 aromatic heterocycles. The summed E-state index contributed by atoms with van der Waals surface area (Å²) in [5, 5.41) is 8.40. The van der Waals surface area contributed by atoms with Crippen molar-refractivity contribution in [2.24, 2.45) is 7.05 Å². The molecule has 2 rings (SSSR count). The Balaban J connectivity index is 2.23. The Morgan fingerprint density at radius 3 is 2.76 bits per heavy atom. The predicted molar refractivity (Wildman–Crippen MR) is 79.5 cm³/mol. The van der Waals surface area contributed by atoms with E-state index < -0.39 is 0 Å². The summed E-state index contributed by atoms with van der Waals surface area (Å²) in [4.78, 5) is 17.1. The minimum Gasteiger partial charge on any atom is -0.461 e. The number of anilines is 1. The molecule has 2 heterocycles. The van der Waals surface area contributed by atoms with E-state index in [1.54, 1.807) is 4.68 Å². The lowest BCUT2D eigenvalue weighted by atomic mass is 10.5. The molecule has 114 valence electrons. The number of nitrogens with zero attached hydrogens (tertiary/aromatic N) is 6. The molecule has 9 heteroatoms. The van der Waals surface area contributed by atoms with E-state index in [-0.39, 0.29) is 6.10 Å². The third kappa shape index (κ3) is 4.55. The third-order valence-electron chi connectivity index (χ3n) is 2.32. The molecule has 0 aliphatic heterocycles. The molecular weight excluding hydrogens is 290 g/mol. The molecule has 21 heavy (non-hydrogen) atoms. The van der Waals surface area contributed by atoms with Gasteiger partial charge in [-0.1, -0.05) is 6.92 Å². The Labute approximate surface area is 127 Å². The lowest BCUT2D eigenvalue weighted by Gasteiger charge is -2.10. The largest absolute Gasteiger partial charge is 0.461 e. The van der Waals surface area contributed by atoms with Crippen LogP contribution in [-0.4, -0.2) is 42.4 Å². The highest BCUT2D eigenvalue weighted by atomic mass is 32.2. The van der Waals surface area contributed by atoms with Gasteiger partial charge in [0.05, 0.1) is 6.10 Å². The van der Waals surface area contributed by atoms with Crippen LogP contribution in [0.2, 0.25) is 0 Å². The molecule has 0 unspecified atom stereocenters. The quantitative estimate of drug-likeness (QED) is 0.827. The van der Waals surface area contributed by atoms with E-state index >= 15 is 0 Å². The maximum absolute atomic E-state index is 5.57. The van der Waals surface area contributed by atoms with Crippen molar-refractivity contribution in [3.63, 3.8) is 0 Å². The molecule has 0 aliphatic rings. The number of hydrogen-bond acceptors (Lipinski definition) is 8. The van der Waals surface area contributed by atoms with Crippen LogP contribution in [0.15, 0.2) is 16.6 Å². The lowest BCUT2D eigenvalue weighted by molar-refractivity contribution is 0.219. The molecule has 0 bridgehead atoms. The summed E-state index contributed by atoms with van der Waals surface area (Å²) in [6.45, 7) is 6.73. The molecule has 0 fully saturated rings. The van der Waals surface area contributed by atoms with E-state index in [0.29, 0.717) is 22.3 Å². The minimum atomic E-state index is -0.000830. The van der Waals surface area contributed by atoms with Crippen molar-refractivity contribution < 1.29 is 4.74 Å². The normalized spacial score (nSPS) is 10.9. The Morgan fingerprint density at radius 1 is 1.33 bits per heavy atom. The highest BCUT2D eigenvalue weighted by molar-refractivity contribution is 7.99. The number of ether oxygens (including phenoxy) is 1. The predicted octanol–water partition coefficient (Wildman–Crippen LogP) is 1.76. The number of hydrogen-bond donors (Lipinski definition) is 1. The van der Waals surface area contributed by atoms with Gasteiger partial charge in [-0.05, 0) is 32.0 Å². The van der Waals surface area contributed by atoms with Crippen molar-refractivity contribution in [1.29, 1.82) is 0 Å². The Morgan fingerprint density at radius 2 is 2.14 bits per heavy atom. The third-order valence-corrected chi connectivity index (χ3v) is 3.24. The SMILES string of the molecule is CCCNc1nc(OC(C)C)nc(Sc2ncnn2C)n1. The van der Waals surface area contributed by atoms with Crippen molar-refractivity contribution in [2.45, 2.75) is 43.6 Å². The van der Waals surface area contributed by atoms with Crippen LogP contribution in [0, 0.1) is 0 Å². The fourth-order valence-electron chi connectivity index (χ4n) is 1.42. The standard InChI is InChI=1S/C12H19N7OS/c1-5-6-13-9-16-10(20-8(2)3)18-11(17-9)21-12-14-7-15-19(12)4/h7-8H,5-6H2,1-4H3,(H,13,16,17,18). The molecule has 0 atom stereocenters. The van der Waals surface area contributed by atoms with Gasteiger partial charge in [0, 0.05) is 13.6 Å². The van der Waals surface area contributed by atoms with E-state index in [2.05, 4.69) is 37.3 Å². The molecule has 0 aliphatic carbocycles. The summed E-state index contributed by atoms with van der Waals surface area (Å²) >= 11 is 1.32. The average Bonchev–Trinajstić information content (AvgIpc) is 2.81. The van der Waals surface area contributed by atoms with Gasteiger partial charge < -0.3 is 10.1 Å². The van der Waals surface area contributed by atoms with Crippen LogP contribution in [0.5, 0.6) is 6.01 Å². The summed E-state index contributed by atoms with van der Waals surface area (Å²) in [7, 11) is 1.82. The topological polar surface area (TPSA) is 90.6 Å². The number of rotatable bonds is 7. The summed E-state index contributed by atoms with van der Waals surface area (Å²) < 4.78 is 7.23. The second-order valence-corrected chi connectivity index (χ2v) is 5.52. The van der Waals surface area contributed by atoms with Crippen molar-refractivity contribution in [3.05, 3.63) is 6.33 Å². The molecule has 0 saturated carbocycles. The number of aromatic nitrogens is 6. The van der Waals surface area contributed by atoms with E-state index in [1.165, 1.54) is 18.1 Å². The van der Waals surface area contributed by atoms with Crippen LogP contribution in [0.3, 0.4) is 0 Å². The van der Waals surface area contributed by atoms with Crippen molar-refractivity contribution in [3.8, 4) is 6.01 Å². The van der Waals surface area contributed by atoms with Gasteiger partial charge in [0.15, 0.2) is 5.16 Å². The van der Waals surface area contributed by atoms with Gasteiger partial charge in [-0.15, -0.1) is 0 Å². The summed E-state index contributed by atoms with van der Waals surface area (Å²) in [6, 6.07) is 0.309. The number of aryl methyl sites for hydroxylation is 1. The monoisotopic (exact) mass is 309 g/mol. The van der Waals surface area contributed by atoms with E-state index in [4.69, 9.17) is 4.74 Å². The van der Waals surface area contributed by atoms with Crippen LogP contribution in [0.4, 0.5) is 5.95 Å². The van der Waals surface area contributed by atoms with E-state index in [1.807, 2.05) is 20.9 Å². The lowest BCUT2D eigenvalue weighted by Crippen LogP contribution is -2.12. The second kappa shape index (κ2) is 7.21. The molecule has 2 aromatic rings. The molecule has 0 radical (unpaired) electrons. The van der Waals surface area contributed by atoms with Gasteiger partial charge in [0.2, 0.25) is 11.1 Å². The highest BCUT2D eigenvalue weighted by Gasteiger charge is 2.12. The van der Waals surface area contributed by atoms with Gasteiger partial charge >= 0.3 is 6.01 Å². The summed E-state index contributed by atoms with van der Waals surface area (Å²) in [5.74, 6) is 0.507. The molecule has 1 N–H and O–H groups in total. The van der Waals surface area contributed by atoms with Gasteiger partial charge in [-0.3, -0.25) is 0 Å². The molecule has 0 amide bonds. The molecule has 8 nitrogen and oxygen atoms in total. The maximum atomic E-state index is 5.57. The first-order valence-corrected chi connectivity index (χ1v) is 7.58. The summed E-state index contributed by atoms with van der Waals surface area (Å²) in [5.41, 5.74) is 0. The fraction of sp³-hybridized carbons (Fsp3) is 0.583. The van der Waals surface area contributed by atoms with Gasteiger partial charge in [-0.2, -0.15) is 20.1 Å². The van der Waals surface area contributed by atoms with Gasteiger partial charge in [-0.25, -0.2) is 9.67 Å². The average molecular weight is 309 g/mol. The Bertz CT molecular complexity index is 587. The van der Waals surface area contributed by atoms with Gasteiger partial charge in [0.25, 0.3) is 0 Å². The Hall–Kier alpha value is -1.90. The second-order valence-electron chi connectivity index (χ2n) is 4.59. The zero-order chi connectivity index (χ0) is 15.2. The maximum Gasteiger partial charge on any atom is 0.322 e. The highest BCUT2D eigenvalue weighted by Crippen LogP contribution is 2.24. The first kappa shape index (κ1) is 15.5. The van der Waals surface area contributed by atoms with Crippen LogP contribution in [0.1, 0.15) is 27.2 Å². The van der Waals surface area contributed by atoms with Crippen LogP contribution in [-0.2, 0) is 7.05 Å². The zero-order valence-corrected chi connectivity index (χ0v) is 13.4. The zero-order valence-electron chi connectivity index (χ0n) is 12.6. The van der Waals surface area contributed by atoms with Crippen LogP contribution < -0.4 is 10.1 Å². The van der Waals surface area contributed by atoms with Crippen molar-refractivity contribution in [2.75, 3.05) is 11.9 Å². The molecule has 0 spiro atoms. The number of nitrogens with one attached hydrogen (secondary N) is 1.